The van der Waals surface area contributed by atoms with E-state index in [1.165, 1.54) is 0 Å². The molecule has 0 saturated heterocycles. The van der Waals surface area contributed by atoms with Gasteiger partial charge in [-0.15, -0.1) is 11.8 Å². The molecule has 0 fully saturated rings. The van der Waals surface area contributed by atoms with Crippen molar-refractivity contribution in [2.24, 2.45) is 0 Å². The third-order valence-electron chi connectivity index (χ3n) is 4.92. The van der Waals surface area contributed by atoms with E-state index in [9.17, 15) is 9.59 Å². The Kier molecular flexibility index (Phi) is 6.09. The van der Waals surface area contributed by atoms with E-state index in [-0.39, 0.29) is 23.6 Å². The number of carbonyl (C=O) groups excluding carboxylic acids is 2. The minimum Gasteiger partial charge on any atom is -0.497 e. The molecule has 2 aromatic carbocycles. The molecule has 154 valence electrons. The highest BCUT2D eigenvalue weighted by Gasteiger charge is 2.30. The molecule has 3 aromatic rings. The van der Waals surface area contributed by atoms with Crippen molar-refractivity contribution in [3.8, 4) is 5.75 Å². The maximum atomic E-state index is 13.1. The van der Waals surface area contributed by atoms with Gasteiger partial charge in [0.15, 0.2) is 0 Å². The van der Waals surface area contributed by atoms with E-state index < -0.39 is 0 Å². The van der Waals surface area contributed by atoms with Crippen LogP contribution in [0.4, 0.5) is 5.69 Å². The van der Waals surface area contributed by atoms with E-state index in [0.29, 0.717) is 18.7 Å². The van der Waals surface area contributed by atoms with Gasteiger partial charge in [-0.1, -0.05) is 24.3 Å². The van der Waals surface area contributed by atoms with Crippen LogP contribution < -0.4 is 15.0 Å². The third kappa shape index (κ3) is 4.52. The average Bonchev–Trinajstić information content (AvgIpc) is 3.25. The number of amides is 2. The second-order valence-corrected chi connectivity index (χ2v) is 8.13. The van der Waals surface area contributed by atoms with Gasteiger partial charge < -0.3 is 19.4 Å². The minimum absolute atomic E-state index is 0.0353. The largest absolute Gasteiger partial charge is 0.497 e. The molecule has 1 aromatic heterocycles. The standard InChI is InChI=1S/C23H22N2O4S/c1-28-17-10-8-16(9-11-17)21-13-23(27)25(19-6-2-3-7-20(19)30-21)15-22(26)24-14-18-5-4-12-29-18/h2-12,21H,13-15H2,1H3,(H,24,26)/t21-/m1/s1. The molecule has 7 heteroatoms. The van der Waals surface area contributed by atoms with Crippen LogP contribution in [0.3, 0.4) is 0 Å². The lowest BCUT2D eigenvalue weighted by molar-refractivity contribution is -0.124. The molecule has 1 aliphatic rings. The Morgan fingerprint density at radius 1 is 1.17 bits per heavy atom. The van der Waals surface area contributed by atoms with Gasteiger partial charge in [0.2, 0.25) is 11.8 Å². The molecule has 0 saturated carbocycles. The first-order valence-electron chi connectivity index (χ1n) is 9.63. The number of hydrogen-bond donors (Lipinski definition) is 1. The van der Waals surface area contributed by atoms with Crippen molar-refractivity contribution in [2.45, 2.75) is 23.1 Å². The van der Waals surface area contributed by atoms with Crippen LogP contribution in [0.25, 0.3) is 0 Å². The number of furan rings is 1. The van der Waals surface area contributed by atoms with Crippen LogP contribution in [-0.2, 0) is 16.1 Å². The van der Waals surface area contributed by atoms with Gasteiger partial charge in [0, 0.05) is 16.6 Å². The van der Waals surface area contributed by atoms with Crippen LogP contribution >= 0.6 is 11.8 Å². The van der Waals surface area contributed by atoms with Gasteiger partial charge >= 0.3 is 0 Å². The molecule has 4 rings (SSSR count). The quantitative estimate of drug-likeness (QED) is 0.645. The molecule has 0 bridgehead atoms. The summed E-state index contributed by atoms with van der Waals surface area (Å²) < 4.78 is 10.5. The number of fused-ring (bicyclic) bond motifs is 1. The second-order valence-electron chi connectivity index (χ2n) is 6.89. The van der Waals surface area contributed by atoms with E-state index in [0.717, 1.165) is 21.9 Å². The van der Waals surface area contributed by atoms with Crippen LogP contribution in [0, 0.1) is 0 Å². The number of ether oxygens (including phenoxy) is 1. The fraction of sp³-hybridized carbons (Fsp3) is 0.217. The lowest BCUT2D eigenvalue weighted by Gasteiger charge is -2.22. The van der Waals surface area contributed by atoms with E-state index in [1.807, 2.05) is 48.5 Å². The van der Waals surface area contributed by atoms with E-state index in [2.05, 4.69) is 5.32 Å². The lowest BCUT2D eigenvalue weighted by Crippen LogP contribution is -2.40. The number of thioether (sulfide) groups is 1. The van der Waals surface area contributed by atoms with Crippen molar-refractivity contribution in [1.82, 2.24) is 5.32 Å². The maximum absolute atomic E-state index is 13.1. The molecule has 2 heterocycles. The Morgan fingerprint density at radius 2 is 1.97 bits per heavy atom. The summed E-state index contributed by atoms with van der Waals surface area (Å²) in [6.07, 6.45) is 1.86. The number of rotatable bonds is 6. The summed E-state index contributed by atoms with van der Waals surface area (Å²) in [5.41, 5.74) is 1.81. The minimum atomic E-state index is -0.234. The Morgan fingerprint density at radius 3 is 2.70 bits per heavy atom. The number of carbonyl (C=O) groups is 2. The van der Waals surface area contributed by atoms with E-state index in [4.69, 9.17) is 9.15 Å². The highest BCUT2D eigenvalue weighted by atomic mass is 32.2. The maximum Gasteiger partial charge on any atom is 0.240 e. The highest BCUT2D eigenvalue weighted by Crippen LogP contribution is 2.45. The summed E-state index contributed by atoms with van der Waals surface area (Å²) in [6, 6.07) is 19.0. The molecule has 2 amide bonds. The van der Waals surface area contributed by atoms with Gasteiger partial charge in [0.05, 0.1) is 25.6 Å². The molecule has 0 radical (unpaired) electrons. The van der Waals surface area contributed by atoms with Gasteiger partial charge in [-0.3, -0.25) is 9.59 Å². The van der Waals surface area contributed by atoms with Crippen molar-refractivity contribution in [3.63, 3.8) is 0 Å². The Bertz CT molecular complexity index is 1020. The van der Waals surface area contributed by atoms with Crippen LogP contribution in [0.1, 0.15) is 23.0 Å². The normalized spacial score (nSPS) is 16.0. The van der Waals surface area contributed by atoms with Crippen LogP contribution in [-0.4, -0.2) is 25.5 Å². The molecular formula is C23H22N2O4S. The molecule has 0 unspecified atom stereocenters. The zero-order valence-corrected chi connectivity index (χ0v) is 17.4. The first kappa shape index (κ1) is 20.1. The SMILES string of the molecule is COc1ccc([C@H]2CC(=O)N(CC(=O)NCc3ccco3)c3ccccc3S2)cc1. The monoisotopic (exact) mass is 422 g/mol. The summed E-state index contributed by atoms with van der Waals surface area (Å²) in [4.78, 5) is 28.2. The molecule has 0 aliphatic carbocycles. The first-order chi connectivity index (χ1) is 14.6. The van der Waals surface area contributed by atoms with Crippen LogP contribution in [0.2, 0.25) is 0 Å². The molecule has 0 spiro atoms. The molecule has 1 aliphatic heterocycles. The van der Waals surface area contributed by atoms with Gasteiger partial charge in [0.25, 0.3) is 0 Å². The van der Waals surface area contributed by atoms with Gasteiger partial charge in [-0.05, 0) is 42.0 Å². The summed E-state index contributed by atoms with van der Waals surface area (Å²) in [7, 11) is 1.63. The fourth-order valence-electron chi connectivity index (χ4n) is 3.35. The lowest BCUT2D eigenvalue weighted by atomic mass is 10.1. The molecule has 6 nitrogen and oxygen atoms in total. The molecular weight excluding hydrogens is 400 g/mol. The number of anilines is 1. The number of hydrogen-bond acceptors (Lipinski definition) is 5. The van der Waals surface area contributed by atoms with E-state index >= 15 is 0 Å². The van der Waals surface area contributed by atoms with Gasteiger partial charge in [-0.2, -0.15) is 0 Å². The molecule has 1 N–H and O–H groups in total. The number of nitrogens with one attached hydrogen (secondary N) is 1. The number of para-hydroxylation sites is 1. The predicted molar refractivity (Wildman–Crippen MR) is 116 cm³/mol. The summed E-state index contributed by atoms with van der Waals surface area (Å²) >= 11 is 1.64. The van der Waals surface area contributed by atoms with Crippen LogP contribution in [0.5, 0.6) is 5.75 Å². The number of benzene rings is 2. The summed E-state index contributed by atoms with van der Waals surface area (Å²) in [6.45, 7) is 0.255. The van der Waals surface area contributed by atoms with E-state index in [1.54, 1.807) is 42.2 Å². The molecule has 1 atom stereocenters. The second kappa shape index (κ2) is 9.09. The van der Waals surface area contributed by atoms with Crippen molar-refractivity contribution in [1.29, 1.82) is 0 Å². The van der Waals surface area contributed by atoms with Crippen LogP contribution in [0.15, 0.2) is 76.2 Å². The molecule has 30 heavy (non-hydrogen) atoms. The van der Waals surface area contributed by atoms with Gasteiger partial charge in [0.1, 0.15) is 18.1 Å². The average molecular weight is 423 g/mol. The predicted octanol–water partition coefficient (Wildman–Crippen LogP) is 4.17. The Hall–Kier alpha value is -3.19. The van der Waals surface area contributed by atoms with Gasteiger partial charge in [-0.25, -0.2) is 0 Å². The fourth-order valence-corrected chi connectivity index (χ4v) is 4.64. The number of nitrogens with zero attached hydrogens (tertiary/aromatic N) is 1. The first-order valence-corrected chi connectivity index (χ1v) is 10.5. The Balaban J connectivity index is 1.53. The zero-order valence-electron chi connectivity index (χ0n) is 16.5. The number of methoxy groups -OCH3 is 1. The van der Waals surface area contributed by atoms with Crippen molar-refractivity contribution < 1.29 is 18.7 Å². The topological polar surface area (TPSA) is 71.8 Å². The highest BCUT2D eigenvalue weighted by molar-refractivity contribution is 7.99. The summed E-state index contributed by atoms with van der Waals surface area (Å²) in [5, 5.41) is 2.77. The Labute approximate surface area is 179 Å². The zero-order chi connectivity index (χ0) is 20.9. The summed E-state index contributed by atoms with van der Waals surface area (Å²) in [5.74, 6) is 1.13. The van der Waals surface area contributed by atoms with Crippen molar-refractivity contribution in [3.05, 3.63) is 78.3 Å². The van der Waals surface area contributed by atoms with Crippen molar-refractivity contribution >= 4 is 29.3 Å². The third-order valence-corrected chi connectivity index (χ3v) is 6.24. The smallest absolute Gasteiger partial charge is 0.240 e. The van der Waals surface area contributed by atoms with Crippen molar-refractivity contribution in [2.75, 3.05) is 18.6 Å².